The molecule has 1 aromatic rings. The molecule has 168 valence electrons. The van der Waals surface area contributed by atoms with Gasteiger partial charge in [0.15, 0.2) is 0 Å². The van der Waals surface area contributed by atoms with Crippen molar-refractivity contribution >= 4 is 5.97 Å². The topological polar surface area (TPSA) is 51.0 Å². The highest BCUT2D eigenvalue weighted by atomic mass is 16.6. The molecule has 0 spiro atoms. The van der Waals surface area contributed by atoms with E-state index in [2.05, 4.69) is 50.3 Å². The number of rotatable bonds is 4. The number of esters is 1. The molecular weight excluding hydrogens is 386 g/mol. The van der Waals surface area contributed by atoms with Crippen LogP contribution in [0.5, 0.6) is 0 Å². The average Bonchev–Trinajstić information content (AvgIpc) is 3.07. The van der Waals surface area contributed by atoms with E-state index in [4.69, 9.17) is 4.74 Å². The van der Waals surface area contributed by atoms with Gasteiger partial charge in [-0.25, -0.2) is 0 Å². The molecule has 4 aliphatic rings. The predicted octanol–water partition coefficient (Wildman–Crippen LogP) is 2.81. The van der Waals surface area contributed by atoms with Crippen LogP contribution in [0.15, 0.2) is 42.0 Å². The van der Waals surface area contributed by atoms with Crippen LogP contribution >= 0.6 is 0 Å². The molecule has 0 amide bonds. The van der Waals surface area contributed by atoms with Crippen LogP contribution in [0, 0.1) is 29.1 Å². The Balaban J connectivity index is 1.24. The second-order valence-corrected chi connectivity index (χ2v) is 10.9. The lowest BCUT2D eigenvalue weighted by Gasteiger charge is -2.51. The smallest absolute Gasteiger partial charge is 0.315 e. The van der Waals surface area contributed by atoms with Gasteiger partial charge in [-0.3, -0.25) is 4.79 Å². The van der Waals surface area contributed by atoms with E-state index in [1.807, 2.05) is 0 Å². The number of benzene rings is 1. The monoisotopic (exact) mass is 424 g/mol. The minimum Gasteiger partial charge on any atom is -0.461 e. The van der Waals surface area contributed by atoms with Gasteiger partial charge >= 0.3 is 5.97 Å². The molecule has 6 atom stereocenters. The Morgan fingerprint density at radius 3 is 2.65 bits per heavy atom. The molecular formula is C27H38NO3+. The number of fused-ring (bicyclic) bond motifs is 2. The number of piperidine rings is 1. The van der Waals surface area contributed by atoms with Gasteiger partial charge in [-0.2, -0.15) is 0 Å². The molecule has 1 saturated carbocycles. The highest BCUT2D eigenvalue weighted by molar-refractivity contribution is 5.76. The second-order valence-electron chi connectivity index (χ2n) is 10.9. The lowest BCUT2D eigenvalue weighted by Crippen LogP contribution is -3.14. The SMILES string of the molecule is C[C@H]1CCC=C2C[C@H]3OC(=O)[C@@H](C[NH+]4CCC(Cc5ccccc5)CC4)[C@H]3[C@@H](O)[C@@]21C. The lowest BCUT2D eigenvalue weighted by atomic mass is 9.55. The first-order valence-electron chi connectivity index (χ1n) is 12.4. The molecule has 5 rings (SSSR count). The van der Waals surface area contributed by atoms with E-state index in [0.717, 1.165) is 51.2 Å². The summed E-state index contributed by atoms with van der Waals surface area (Å²) in [5.74, 6) is 0.909. The van der Waals surface area contributed by atoms with Crippen molar-refractivity contribution < 1.29 is 19.5 Å². The van der Waals surface area contributed by atoms with Crippen molar-refractivity contribution in [3.8, 4) is 0 Å². The zero-order chi connectivity index (χ0) is 21.6. The quantitative estimate of drug-likeness (QED) is 0.577. The van der Waals surface area contributed by atoms with Gasteiger partial charge < -0.3 is 14.7 Å². The van der Waals surface area contributed by atoms with Gasteiger partial charge in [0.05, 0.1) is 25.7 Å². The molecule has 2 aliphatic carbocycles. The van der Waals surface area contributed by atoms with E-state index >= 15 is 0 Å². The van der Waals surface area contributed by atoms with E-state index < -0.39 is 6.10 Å². The maximum absolute atomic E-state index is 12.9. The highest BCUT2D eigenvalue weighted by Gasteiger charge is 2.60. The van der Waals surface area contributed by atoms with Crippen molar-refractivity contribution in [3.05, 3.63) is 47.5 Å². The third kappa shape index (κ3) is 3.76. The van der Waals surface area contributed by atoms with E-state index in [9.17, 15) is 9.90 Å². The normalized spacial score (nSPS) is 42.4. The lowest BCUT2D eigenvalue weighted by molar-refractivity contribution is -0.909. The number of aliphatic hydroxyl groups excluding tert-OH is 1. The molecule has 2 aliphatic heterocycles. The first-order valence-corrected chi connectivity index (χ1v) is 12.4. The average molecular weight is 425 g/mol. The number of ether oxygens (including phenoxy) is 1. The Bertz CT molecular complexity index is 828. The Morgan fingerprint density at radius 2 is 1.90 bits per heavy atom. The summed E-state index contributed by atoms with van der Waals surface area (Å²) in [6.45, 7) is 7.55. The Labute approximate surface area is 186 Å². The van der Waals surface area contributed by atoms with E-state index in [-0.39, 0.29) is 29.3 Å². The van der Waals surface area contributed by atoms with Gasteiger partial charge in [0, 0.05) is 17.8 Å². The molecule has 2 heterocycles. The molecule has 4 nitrogen and oxygen atoms in total. The molecule has 0 radical (unpaired) electrons. The van der Waals surface area contributed by atoms with Crippen LogP contribution in [0.3, 0.4) is 0 Å². The van der Waals surface area contributed by atoms with Crippen LogP contribution in [0.1, 0.15) is 51.5 Å². The maximum Gasteiger partial charge on any atom is 0.315 e. The number of quaternary nitrogens is 1. The standard InChI is InChI=1S/C27H37NO3/c1-18-7-6-10-21-16-23-24(25(29)27(18,21)2)22(26(30)31-23)17-28-13-11-20(12-14-28)15-19-8-4-3-5-9-19/h3-5,8-10,18,20,22-25,29H,6-7,11-17H2,1-2H3/p+1/t18-,22-,23+,24+,25+,27+/m0/s1. The molecule has 0 aromatic heterocycles. The Hall–Kier alpha value is -1.65. The first-order chi connectivity index (χ1) is 15.0. The molecule has 1 aromatic carbocycles. The van der Waals surface area contributed by atoms with Gasteiger partial charge in [-0.15, -0.1) is 0 Å². The summed E-state index contributed by atoms with van der Waals surface area (Å²) in [7, 11) is 0. The molecule has 2 N–H and O–H groups in total. The van der Waals surface area contributed by atoms with Gasteiger partial charge in [0.2, 0.25) is 0 Å². The molecule has 0 unspecified atom stereocenters. The van der Waals surface area contributed by atoms with Crippen LogP contribution < -0.4 is 4.90 Å². The van der Waals surface area contributed by atoms with Crippen molar-refractivity contribution in [3.63, 3.8) is 0 Å². The number of hydrogen-bond acceptors (Lipinski definition) is 3. The summed E-state index contributed by atoms with van der Waals surface area (Å²) >= 11 is 0. The van der Waals surface area contributed by atoms with Crippen LogP contribution in [0.2, 0.25) is 0 Å². The number of carbonyl (C=O) groups is 1. The summed E-state index contributed by atoms with van der Waals surface area (Å²) in [6, 6.07) is 10.8. The second kappa shape index (κ2) is 8.37. The van der Waals surface area contributed by atoms with Crippen molar-refractivity contribution in [2.75, 3.05) is 19.6 Å². The van der Waals surface area contributed by atoms with Crippen molar-refractivity contribution in [1.29, 1.82) is 0 Å². The summed E-state index contributed by atoms with van der Waals surface area (Å²) in [4.78, 5) is 14.4. The maximum atomic E-state index is 12.9. The van der Waals surface area contributed by atoms with Crippen molar-refractivity contribution in [2.24, 2.45) is 29.1 Å². The van der Waals surface area contributed by atoms with Crippen molar-refractivity contribution in [2.45, 2.75) is 64.6 Å². The van der Waals surface area contributed by atoms with Crippen molar-refractivity contribution in [1.82, 2.24) is 0 Å². The summed E-state index contributed by atoms with van der Waals surface area (Å²) in [5, 5.41) is 11.5. The number of hydrogen-bond donors (Lipinski definition) is 2. The summed E-state index contributed by atoms with van der Waals surface area (Å²) in [6.07, 6.45) is 8.29. The fourth-order valence-electron chi connectivity index (χ4n) is 7.05. The molecule has 31 heavy (non-hydrogen) atoms. The number of carbonyl (C=O) groups excluding carboxylic acids is 1. The van der Waals surface area contributed by atoms with Gasteiger partial charge in [0.1, 0.15) is 12.0 Å². The number of nitrogens with one attached hydrogen (secondary N) is 1. The van der Waals surface area contributed by atoms with Gasteiger partial charge in [-0.05, 0) is 49.5 Å². The van der Waals surface area contributed by atoms with Gasteiger partial charge in [-0.1, -0.05) is 55.8 Å². The predicted molar refractivity (Wildman–Crippen MR) is 121 cm³/mol. The van der Waals surface area contributed by atoms with E-state index in [1.54, 1.807) is 0 Å². The van der Waals surface area contributed by atoms with Crippen LogP contribution in [-0.2, 0) is 16.0 Å². The minimum atomic E-state index is -0.487. The Morgan fingerprint density at radius 1 is 1.16 bits per heavy atom. The summed E-state index contributed by atoms with van der Waals surface area (Å²) < 4.78 is 5.87. The largest absolute Gasteiger partial charge is 0.461 e. The number of aliphatic hydroxyl groups is 1. The van der Waals surface area contributed by atoms with E-state index in [1.165, 1.54) is 28.9 Å². The fourth-order valence-corrected chi connectivity index (χ4v) is 7.05. The zero-order valence-corrected chi connectivity index (χ0v) is 19.1. The van der Waals surface area contributed by atoms with Gasteiger partial charge in [0.25, 0.3) is 0 Å². The number of likely N-dealkylation sites (tertiary alicyclic amines) is 1. The minimum absolute atomic E-state index is 0.0512. The van der Waals surface area contributed by atoms with E-state index in [0.29, 0.717) is 5.92 Å². The molecule has 4 heteroatoms. The Kier molecular flexibility index (Phi) is 5.72. The third-order valence-corrected chi connectivity index (χ3v) is 9.26. The highest BCUT2D eigenvalue weighted by Crippen LogP contribution is 2.55. The third-order valence-electron chi connectivity index (χ3n) is 9.26. The molecule has 3 fully saturated rings. The summed E-state index contributed by atoms with van der Waals surface area (Å²) in [5.41, 5.74) is 2.55. The molecule has 0 bridgehead atoms. The van der Waals surface area contributed by atoms with Crippen LogP contribution in [0.25, 0.3) is 0 Å². The van der Waals surface area contributed by atoms with Crippen LogP contribution in [0.4, 0.5) is 0 Å². The fraction of sp³-hybridized carbons (Fsp3) is 0.667. The molecule has 2 saturated heterocycles. The van der Waals surface area contributed by atoms with Crippen LogP contribution in [-0.4, -0.2) is 42.9 Å². The zero-order valence-electron chi connectivity index (χ0n) is 19.1. The first kappa shape index (κ1) is 21.2. The number of allylic oxidation sites excluding steroid dienone is 1.